The van der Waals surface area contributed by atoms with E-state index in [2.05, 4.69) is 18.3 Å². The number of rotatable bonds is 17. The van der Waals surface area contributed by atoms with Crippen molar-refractivity contribution in [2.75, 3.05) is 19.0 Å². The third-order valence-corrected chi connectivity index (χ3v) is 9.07. The third-order valence-electron chi connectivity index (χ3n) is 7.69. The summed E-state index contributed by atoms with van der Waals surface area (Å²) in [6, 6.07) is 9.75. The molecular formula is C33H44N4O3S2. The summed E-state index contributed by atoms with van der Waals surface area (Å²) in [4.78, 5) is 28.8. The highest BCUT2D eigenvalue weighted by atomic mass is 32.2. The molecule has 2 aromatic rings. The molecule has 0 bridgehead atoms. The first-order chi connectivity index (χ1) is 20.4. The number of nitrogens with one attached hydrogen (secondary N) is 1. The largest absolute Gasteiger partial charge is 0.497 e. The van der Waals surface area contributed by atoms with E-state index < -0.39 is 0 Å². The van der Waals surface area contributed by atoms with Crippen LogP contribution in [-0.2, 0) is 17.9 Å². The number of carbonyl (C=O) groups is 1. The van der Waals surface area contributed by atoms with E-state index in [4.69, 9.17) is 17.0 Å². The van der Waals surface area contributed by atoms with Crippen LogP contribution in [0.25, 0.3) is 6.08 Å². The maximum atomic E-state index is 13.4. The normalized spacial score (nSPS) is 14.1. The Hall–Kier alpha value is -3.09. The Kier molecular flexibility index (Phi) is 13.6. The van der Waals surface area contributed by atoms with Crippen LogP contribution in [0.5, 0.6) is 5.75 Å². The number of hydrogen-bond donors (Lipinski definition) is 1. The summed E-state index contributed by atoms with van der Waals surface area (Å²) >= 11 is 6.88. The van der Waals surface area contributed by atoms with Crippen LogP contribution in [0.1, 0.15) is 100 Å². The fourth-order valence-electron chi connectivity index (χ4n) is 5.17. The van der Waals surface area contributed by atoms with Crippen LogP contribution in [-0.4, -0.2) is 33.3 Å². The molecule has 1 fully saturated rings. The lowest BCUT2D eigenvalue weighted by molar-refractivity contribution is -0.122. The molecule has 2 heterocycles. The molecule has 1 amide bonds. The number of carbonyl (C=O) groups excluding carboxylic acids is 1. The van der Waals surface area contributed by atoms with Gasteiger partial charge in [-0.3, -0.25) is 19.1 Å². The molecule has 0 radical (unpaired) electrons. The molecule has 0 atom stereocenters. The van der Waals surface area contributed by atoms with Gasteiger partial charge < -0.3 is 10.1 Å². The van der Waals surface area contributed by atoms with Gasteiger partial charge in [-0.25, -0.2) is 0 Å². The minimum absolute atomic E-state index is 0.0824. The van der Waals surface area contributed by atoms with Gasteiger partial charge in [0.25, 0.3) is 11.5 Å². The highest BCUT2D eigenvalue weighted by Crippen LogP contribution is 2.35. The van der Waals surface area contributed by atoms with Gasteiger partial charge in [0.2, 0.25) is 0 Å². The molecule has 1 aliphatic rings. The van der Waals surface area contributed by atoms with Gasteiger partial charge in [-0.15, -0.1) is 0 Å². The van der Waals surface area contributed by atoms with Gasteiger partial charge in [0.05, 0.1) is 12.0 Å². The van der Waals surface area contributed by atoms with Crippen molar-refractivity contribution in [3.63, 3.8) is 0 Å². The average molecular weight is 609 g/mol. The molecule has 1 saturated heterocycles. The number of hydrogen-bond acceptors (Lipinski definition) is 7. The molecule has 1 aromatic carbocycles. The smallest absolute Gasteiger partial charge is 0.270 e. The number of benzene rings is 1. The van der Waals surface area contributed by atoms with E-state index >= 15 is 0 Å². The predicted molar refractivity (Wildman–Crippen MR) is 178 cm³/mol. The Bertz CT molecular complexity index is 1360. The average Bonchev–Trinajstić information content (AvgIpc) is 3.26. The molecule has 226 valence electrons. The highest BCUT2D eigenvalue weighted by molar-refractivity contribution is 8.26. The standard InChI is InChI=1S/C33H44N4O3S2/c1-5-7-8-9-10-11-12-13-14-15-20-37-32(39)29(42-33(37)41)21-27-24(3)28(22-34)31(38)36(6-2)30(27)35-23-25-16-18-26(40-4)19-17-25/h16-19,21,35H,5-15,20,23H2,1-4H3/b29-21+. The first kappa shape index (κ1) is 33.4. The molecule has 9 heteroatoms. The molecule has 3 rings (SSSR count). The molecule has 0 spiro atoms. The Morgan fingerprint density at radius 2 is 1.62 bits per heavy atom. The molecule has 0 aliphatic carbocycles. The number of unbranched alkanes of at least 4 members (excludes halogenated alkanes) is 9. The summed E-state index contributed by atoms with van der Waals surface area (Å²) in [6.07, 6.45) is 14.1. The Labute approximate surface area is 260 Å². The third kappa shape index (κ3) is 8.71. The second kappa shape index (κ2) is 17.1. The number of nitriles is 1. The fourth-order valence-corrected chi connectivity index (χ4v) is 6.46. The van der Waals surface area contributed by atoms with Gasteiger partial charge in [0.15, 0.2) is 0 Å². The fraction of sp³-hybridized carbons (Fsp3) is 0.515. The monoisotopic (exact) mass is 608 g/mol. The number of methoxy groups -OCH3 is 1. The van der Waals surface area contributed by atoms with Crippen molar-refractivity contribution in [2.24, 2.45) is 0 Å². The van der Waals surface area contributed by atoms with Crippen LogP contribution < -0.4 is 15.6 Å². The second-order valence-electron chi connectivity index (χ2n) is 10.6. The maximum absolute atomic E-state index is 13.4. The van der Waals surface area contributed by atoms with E-state index in [0.717, 1.165) is 24.2 Å². The topological polar surface area (TPSA) is 87.4 Å². The first-order valence-electron chi connectivity index (χ1n) is 15.2. The van der Waals surface area contributed by atoms with Gasteiger partial charge in [-0.05, 0) is 49.6 Å². The van der Waals surface area contributed by atoms with Crippen molar-refractivity contribution in [3.8, 4) is 11.8 Å². The molecule has 42 heavy (non-hydrogen) atoms. The van der Waals surface area contributed by atoms with Crippen molar-refractivity contribution >= 4 is 46.1 Å². The maximum Gasteiger partial charge on any atom is 0.270 e. The summed E-state index contributed by atoms with van der Waals surface area (Å²) in [5, 5.41) is 13.2. The molecule has 7 nitrogen and oxygen atoms in total. The Morgan fingerprint density at radius 1 is 1.00 bits per heavy atom. The molecule has 0 unspecified atom stereocenters. The van der Waals surface area contributed by atoms with E-state index in [0.29, 0.717) is 45.8 Å². The lowest BCUT2D eigenvalue weighted by atomic mass is 10.0. The summed E-state index contributed by atoms with van der Waals surface area (Å²) < 4.78 is 7.37. The quantitative estimate of drug-likeness (QED) is 0.111. The van der Waals surface area contributed by atoms with Gasteiger partial charge in [-0.1, -0.05) is 101 Å². The van der Waals surface area contributed by atoms with Crippen LogP contribution >= 0.6 is 24.0 Å². The number of nitrogens with zero attached hydrogens (tertiary/aromatic N) is 3. The molecule has 1 N–H and O–H groups in total. The summed E-state index contributed by atoms with van der Waals surface area (Å²) in [7, 11) is 1.62. The minimum atomic E-state index is -0.347. The van der Waals surface area contributed by atoms with Crippen LogP contribution in [0.3, 0.4) is 0 Å². The van der Waals surface area contributed by atoms with Crippen LogP contribution in [0.2, 0.25) is 0 Å². The number of thioether (sulfide) groups is 1. The lowest BCUT2D eigenvalue weighted by Gasteiger charge is -2.19. The number of aromatic nitrogens is 1. The molecule has 1 aromatic heterocycles. The van der Waals surface area contributed by atoms with E-state index in [1.165, 1.54) is 63.1 Å². The van der Waals surface area contributed by atoms with Crippen molar-refractivity contribution in [2.45, 2.75) is 98.1 Å². The predicted octanol–water partition coefficient (Wildman–Crippen LogP) is 7.79. The van der Waals surface area contributed by atoms with Crippen molar-refractivity contribution < 1.29 is 9.53 Å². The van der Waals surface area contributed by atoms with Crippen LogP contribution in [0, 0.1) is 18.3 Å². The van der Waals surface area contributed by atoms with Crippen molar-refractivity contribution in [1.82, 2.24) is 9.47 Å². The Morgan fingerprint density at radius 3 is 2.19 bits per heavy atom. The lowest BCUT2D eigenvalue weighted by Crippen LogP contribution is -2.29. The summed E-state index contributed by atoms with van der Waals surface area (Å²) in [6.45, 7) is 7.30. The number of thiocarbonyl (C=S) groups is 1. The van der Waals surface area contributed by atoms with E-state index in [1.54, 1.807) is 29.6 Å². The zero-order valence-corrected chi connectivity index (χ0v) is 27.1. The van der Waals surface area contributed by atoms with E-state index in [9.17, 15) is 14.9 Å². The van der Waals surface area contributed by atoms with Gasteiger partial charge in [0, 0.05) is 25.2 Å². The van der Waals surface area contributed by atoms with Crippen LogP contribution in [0.4, 0.5) is 5.82 Å². The van der Waals surface area contributed by atoms with E-state index in [-0.39, 0.29) is 17.0 Å². The summed E-state index contributed by atoms with van der Waals surface area (Å²) in [5.74, 6) is 1.22. The minimum Gasteiger partial charge on any atom is -0.497 e. The zero-order valence-electron chi connectivity index (χ0n) is 25.5. The SMILES string of the molecule is CCCCCCCCCCCCN1C(=O)/C(=C\c2c(C)c(C#N)c(=O)n(CC)c2NCc2ccc(OC)cc2)SC1=S. The van der Waals surface area contributed by atoms with Crippen molar-refractivity contribution in [3.05, 3.63) is 61.8 Å². The van der Waals surface area contributed by atoms with Gasteiger partial charge in [0.1, 0.15) is 27.5 Å². The zero-order chi connectivity index (χ0) is 30.5. The summed E-state index contributed by atoms with van der Waals surface area (Å²) in [5.41, 5.74) is 1.94. The first-order valence-corrected chi connectivity index (χ1v) is 16.4. The molecule has 1 aliphatic heterocycles. The molecule has 0 saturated carbocycles. The number of pyridine rings is 1. The van der Waals surface area contributed by atoms with Crippen molar-refractivity contribution in [1.29, 1.82) is 5.26 Å². The number of anilines is 1. The highest BCUT2D eigenvalue weighted by Gasteiger charge is 2.32. The number of ether oxygens (including phenoxy) is 1. The van der Waals surface area contributed by atoms with Crippen LogP contribution in [0.15, 0.2) is 34.0 Å². The van der Waals surface area contributed by atoms with Gasteiger partial charge >= 0.3 is 0 Å². The van der Waals surface area contributed by atoms with E-state index in [1.807, 2.05) is 31.2 Å². The number of amides is 1. The second-order valence-corrected chi connectivity index (χ2v) is 12.3. The van der Waals surface area contributed by atoms with Gasteiger partial charge in [-0.2, -0.15) is 5.26 Å². The molecular weight excluding hydrogens is 565 g/mol. The Balaban J connectivity index is 1.73.